The van der Waals surface area contributed by atoms with Gasteiger partial charge in [0.1, 0.15) is 0 Å². The van der Waals surface area contributed by atoms with Gasteiger partial charge in [-0.15, -0.1) is 0 Å². The van der Waals surface area contributed by atoms with Crippen LogP contribution < -0.4 is 9.60 Å². The van der Waals surface area contributed by atoms with Crippen molar-refractivity contribution >= 4 is 43.2 Å². The first-order valence-corrected chi connectivity index (χ1v) is 11.0. The first-order valence-electron chi connectivity index (χ1n) is 8.75. The number of esters is 1. The van der Waals surface area contributed by atoms with Crippen molar-refractivity contribution < 1.29 is 22.9 Å². The third-order valence-electron chi connectivity index (χ3n) is 4.16. The molecule has 0 aliphatic heterocycles. The molecule has 0 fully saturated rings. The fourth-order valence-corrected chi connectivity index (χ4v) is 4.92. The van der Waals surface area contributed by atoms with Gasteiger partial charge in [-0.1, -0.05) is 23.5 Å². The number of fused-ring (bicyclic) bond motifs is 1. The highest BCUT2D eigenvalue weighted by Gasteiger charge is 2.26. The lowest BCUT2D eigenvalue weighted by atomic mass is 10.0. The molecule has 3 rings (SSSR count). The number of thiazole rings is 1. The number of carbonyl (C=O) groups excluding carboxylic acids is 1. The minimum Gasteiger partial charge on any atom is -0.466 e. The summed E-state index contributed by atoms with van der Waals surface area (Å²) >= 11 is 0.868. The summed E-state index contributed by atoms with van der Waals surface area (Å²) in [5.41, 5.74) is 0.512. The van der Waals surface area contributed by atoms with Gasteiger partial charge in [-0.3, -0.25) is 19.7 Å². The Morgan fingerprint density at radius 2 is 2.07 bits per heavy atom. The van der Waals surface area contributed by atoms with E-state index in [2.05, 4.69) is 9.71 Å². The molecule has 0 radical (unpaired) electrons. The van der Waals surface area contributed by atoms with Crippen LogP contribution in [0.15, 0.2) is 52.2 Å². The number of nitro groups is 1. The number of nitro benzene ring substituents is 1. The van der Waals surface area contributed by atoms with Crippen molar-refractivity contribution in [3.8, 4) is 0 Å². The molecule has 12 heteroatoms. The number of hydrogen-bond acceptors (Lipinski definition) is 8. The quantitative estimate of drug-likeness (QED) is 0.303. The second-order valence-corrected chi connectivity index (χ2v) is 8.94. The second kappa shape index (κ2) is 8.73. The summed E-state index contributed by atoms with van der Waals surface area (Å²) < 4.78 is 33.7. The van der Waals surface area contributed by atoms with E-state index >= 15 is 0 Å². The molecular formula is C18H17N3O7S2. The van der Waals surface area contributed by atoms with Crippen LogP contribution in [-0.4, -0.2) is 30.9 Å². The number of non-ortho nitro benzene ring substituents is 1. The number of ether oxygens (including phenoxy) is 1. The average molecular weight is 451 g/mol. The monoisotopic (exact) mass is 451 g/mol. The van der Waals surface area contributed by atoms with Crippen molar-refractivity contribution in [1.82, 2.24) is 9.71 Å². The van der Waals surface area contributed by atoms with E-state index in [4.69, 9.17) is 4.74 Å². The SMILES string of the molecule is CCOC(=O)CC(NS(=O)(=O)c1ccc2[nH]c(=O)sc2c1)c1cccc([N+](=O)[O-])c1. The Balaban J connectivity index is 1.97. The molecule has 3 aromatic rings. The molecule has 158 valence electrons. The molecule has 0 spiro atoms. The van der Waals surface area contributed by atoms with Gasteiger partial charge < -0.3 is 9.72 Å². The highest BCUT2D eigenvalue weighted by molar-refractivity contribution is 7.89. The van der Waals surface area contributed by atoms with Crippen LogP contribution in [0.2, 0.25) is 0 Å². The van der Waals surface area contributed by atoms with Gasteiger partial charge in [0.2, 0.25) is 10.0 Å². The zero-order chi connectivity index (χ0) is 21.9. The van der Waals surface area contributed by atoms with Crippen molar-refractivity contribution in [2.45, 2.75) is 24.3 Å². The minimum absolute atomic E-state index is 0.107. The van der Waals surface area contributed by atoms with E-state index < -0.39 is 27.0 Å². The third-order valence-corrected chi connectivity index (χ3v) is 6.47. The Hall–Kier alpha value is -3.09. The Morgan fingerprint density at radius 1 is 1.30 bits per heavy atom. The second-order valence-electron chi connectivity index (χ2n) is 6.21. The van der Waals surface area contributed by atoms with Gasteiger partial charge in [0.25, 0.3) is 5.69 Å². The summed E-state index contributed by atoms with van der Waals surface area (Å²) in [6, 6.07) is 8.40. The molecule has 1 atom stereocenters. The highest BCUT2D eigenvalue weighted by Crippen LogP contribution is 2.26. The fraction of sp³-hybridized carbons (Fsp3) is 0.222. The van der Waals surface area contributed by atoms with Crippen molar-refractivity contribution in [2.75, 3.05) is 6.61 Å². The smallest absolute Gasteiger partial charge is 0.307 e. The van der Waals surface area contributed by atoms with E-state index in [-0.39, 0.29) is 34.0 Å². The Kier molecular flexibility index (Phi) is 6.29. The number of aromatic nitrogens is 1. The Morgan fingerprint density at radius 3 is 2.77 bits per heavy atom. The first kappa shape index (κ1) is 21.6. The van der Waals surface area contributed by atoms with Gasteiger partial charge in [0, 0.05) is 12.1 Å². The summed E-state index contributed by atoms with van der Waals surface area (Å²) in [6.07, 6.45) is -0.353. The van der Waals surface area contributed by atoms with Gasteiger partial charge in [-0.2, -0.15) is 0 Å². The molecule has 2 aromatic carbocycles. The van der Waals surface area contributed by atoms with Crippen molar-refractivity contribution in [3.63, 3.8) is 0 Å². The number of rotatable bonds is 8. The largest absolute Gasteiger partial charge is 0.466 e. The lowest BCUT2D eigenvalue weighted by molar-refractivity contribution is -0.384. The highest BCUT2D eigenvalue weighted by atomic mass is 32.2. The summed E-state index contributed by atoms with van der Waals surface area (Å²) in [4.78, 5) is 36.1. The van der Waals surface area contributed by atoms with Crippen molar-refractivity contribution in [2.24, 2.45) is 0 Å². The minimum atomic E-state index is -4.12. The number of nitrogens with zero attached hydrogens (tertiary/aromatic N) is 1. The van der Waals surface area contributed by atoms with Crippen LogP contribution in [0, 0.1) is 10.1 Å². The molecule has 30 heavy (non-hydrogen) atoms. The van der Waals surface area contributed by atoms with E-state index in [1.165, 1.54) is 42.5 Å². The average Bonchev–Trinajstić information content (AvgIpc) is 3.06. The molecule has 0 aliphatic carbocycles. The van der Waals surface area contributed by atoms with E-state index in [0.717, 1.165) is 11.3 Å². The van der Waals surface area contributed by atoms with Gasteiger partial charge in [0.15, 0.2) is 0 Å². The zero-order valence-electron chi connectivity index (χ0n) is 15.7. The van der Waals surface area contributed by atoms with Crippen LogP contribution in [0.25, 0.3) is 10.2 Å². The zero-order valence-corrected chi connectivity index (χ0v) is 17.3. The number of hydrogen-bond donors (Lipinski definition) is 2. The molecule has 0 saturated heterocycles. The van der Waals surface area contributed by atoms with Gasteiger partial charge >= 0.3 is 10.8 Å². The van der Waals surface area contributed by atoms with Gasteiger partial charge in [-0.05, 0) is 30.7 Å². The third kappa shape index (κ3) is 4.90. The normalized spacial score (nSPS) is 12.6. The van der Waals surface area contributed by atoms with Crippen molar-refractivity contribution in [3.05, 3.63) is 67.8 Å². The lowest BCUT2D eigenvalue weighted by Crippen LogP contribution is -2.30. The molecule has 1 aromatic heterocycles. The van der Waals surface area contributed by atoms with Crippen LogP contribution in [-0.2, 0) is 19.6 Å². The molecule has 0 bridgehead atoms. The molecule has 0 saturated carbocycles. The van der Waals surface area contributed by atoms with Crippen LogP contribution in [0.3, 0.4) is 0 Å². The van der Waals surface area contributed by atoms with Crippen LogP contribution in [0.4, 0.5) is 5.69 Å². The Labute approximate surface area is 174 Å². The van der Waals surface area contributed by atoms with E-state index in [0.29, 0.717) is 10.2 Å². The summed E-state index contributed by atoms with van der Waals surface area (Å²) in [5, 5.41) is 11.1. The number of nitrogens with one attached hydrogen (secondary N) is 2. The fourth-order valence-electron chi connectivity index (χ4n) is 2.82. The van der Waals surface area contributed by atoms with Crippen LogP contribution >= 0.6 is 11.3 Å². The van der Waals surface area contributed by atoms with Crippen LogP contribution in [0.1, 0.15) is 24.9 Å². The van der Waals surface area contributed by atoms with E-state index in [1.54, 1.807) is 6.92 Å². The summed E-state index contributed by atoms with van der Waals surface area (Å²) in [5.74, 6) is -0.656. The number of H-pyrrole nitrogens is 1. The molecule has 0 amide bonds. The molecule has 10 nitrogen and oxygen atoms in total. The Bertz CT molecular complexity index is 1260. The summed E-state index contributed by atoms with van der Waals surface area (Å²) in [6.45, 7) is 1.72. The molecule has 1 heterocycles. The number of benzene rings is 2. The van der Waals surface area contributed by atoms with E-state index in [1.807, 2.05) is 0 Å². The topological polar surface area (TPSA) is 148 Å². The van der Waals surface area contributed by atoms with E-state index in [9.17, 15) is 28.1 Å². The standard InChI is InChI=1S/C18H17N3O7S2/c1-2-28-17(22)10-15(11-4-3-5-12(8-11)21(24)25)20-30(26,27)13-6-7-14-16(9-13)29-18(23)19-14/h3-9,15,20H,2,10H2,1H3,(H,19,23). The number of carbonyl (C=O) groups is 1. The number of sulfonamides is 1. The lowest BCUT2D eigenvalue weighted by Gasteiger charge is -2.18. The maximum absolute atomic E-state index is 12.9. The molecule has 0 aliphatic rings. The predicted octanol–water partition coefficient (Wildman–Crippen LogP) is 2.47. The van der Waals surface area contributed by atoms with Crippen molar-refractivity contribution in [1.29, 1.82) is 0 Å². The molecule has 1 unspecified atom stereocenters. The number of aromatic amines is 1. The first-order chi connectivity index (χ1) is 14.2. The maximum atomic E-state index is 12.9. The van der Waals surface area contributed by atoms with Gasteiger partial charge in [0.05, 0.1) is 39.1 Å². The molecule has 2 N–H and O–H groups in total. The summed E-state index contributed by atoms with van der Waals surface area (Å²) in [7, 11) is -4.12. The predicted molar refractivity (Wildman–Crippen MR) is 110 cm³/mol. The maximum Gasteiger partial charge on any atom is 0.307 e. The molecular weight excluding hydrogens is 434 g/mol. The van der Waals surface area contributed by atoms with Gasteiger partial charge in [-0.25, -0.2) is 13.1 Å². The van der Waals surface area contributed by atoms with Crippen LogP contribution in [0.5, 0.6) is 0 Å².